The second-order valence-electron chi connectivity index (χ2n) is 10.3. The Bertz CT molecular complexity index is 1580. The molecule has 2 heterocycles. The van der Waals surface area contributed by atoms with Crippen molar-refractivity contribution in [2.45, 2.75) is 58.7 Å². The number of thioether (sulfide) groups is 2. The van der Waals surface area contributed by atoms with Gasteiger partial charge in [-0.25, -0.2) is 9.69 Å². The summed E-state index contributed by atoms with van der Waals surface area (Å²) in [6, 6.07) is 7.45. The van der Waals surface area contributed by atoms with Gasteiger partial charge in [-0.2, -0.15) is 49.9 Å². The van der Waals surface area contributed by atoms with Gasteiger partial charge >= 0.3 is 12.4 Å². The minimum absolute atomic E-state index is 0. The number of rotatable bonds is 8. The number of hydrogen-bond donors (Lipinski definition) is 4. The summed E-state index contributed by atoms with van der Waals surface area (Å²) in [6.45, 7) is 21.0. The van der Waals surface area contributed by atoms with Crippen LogP contribution in [0.2, 0.25) is 0 Å². The average Bonchev–Trinajstić information content (AvgIpc) is 3.57. The first-order valence-corrected chi connectivity index (χ1v) is 15.5. The first kappa shape index (κ1) is 37.9. The van der Waals surface area contributed by atoms with E-state index in [0.29, 0.717) is 33.7 Å². The van der Waals surface area contributed by atoms with Crippen molar-refractivity contribution < 1.29 is 36.6 Å². The van der Waals surface area contributed by atoms with Crippen molar-refractivity contribution in [2.75, 3.05) is 23.0 Å². The van der Waals surface area contributed by atoms with Crippen molar-refractivity contribution in [1.29, 1.82) is 0 Å². The summed E-state index contributed by atoms with van der Waals surface area (Å²) in [5.74, 6) is 2.52. The van der Waals surface area contributed by atoms with Crippen LogP contribution in [0.4, 0.5) is 37.7 Å². The van der Waals surface area contributed by atoms with Gasteiger partial charge in [0.1, 0.15) is 11.2 Å². The largest absolute Gasteiger partial charge is 0.407 e. The Morgan fingerprint density at radius 3 is 1.27 bits per heavy atom. The number of hydrogen-bond acceptors (Lipinski definition) is 4. The number of aromatic nitrogens is 2. The summed E-state index contributed by atoms with van der Waals surface area (Å²) >= 11 is 3.07. The van der Waals surface area contributed by atoms with Crippen molar-refractivity contribution in [3.05, 3.63) is 81.7 Å². The predicted octanol–water partition coefficient (Wildman–Crippen LogP) is 10.0. The van der Waals surface area contributed by atoms with Crippen LogP contribution in [-0.2, 0) is 23.6 Å². The molecule has 0 saturated carbocycles. The van der Waals surface area contributed by atoms with Crippen LogP contribution in [-0.4, -0.2) is 43.2 Å². The third kappa shape index (κ3) is 8.91. The topological polar surface area (TPSA) is 80.8 Å². The molecule has 244 valence electrons. The lowest BCUT2D eigenvalue weighted by Crippen LogP contribution is -2.24. The molecule has 2 atom stereocenters. The van der Waals surface area contributed by atoms with Gasteiger partial charge in [0.25, 0.3) is 0 Å². The number of aliphatic hydroxyl groups is 2. The molecule has 0 saturated heterocycles. The molecule has 0 fully saturated rings. The molecular weight excluding hydrogens is 638 g/mol. The van der Waals surface area contributed by atoms with E-state index in [9.17, 15) is 36.6 Å². The number of aromatic amines is 2. The fourth-order valence-electron chi connectivity index (χ4n) is 4.31. The molecule has 2 unspecified atom stereocenters. The van der Waals surface area contributed by atoms with Gasteiger partial charge in [-0.15, -0.1) is 0 Å². The Morgan fingerprint density at radius 1 is 0.667 bits per heavy atom. The number of benzene rings is 2. The second kappa shape index (κ2) is 14.4. The van der Waals surface area contributed by atoms with Gasteiger partial charge in [0.2, 0.25) is 0 Å². The molecule has 0 amide bonds. The third-order valence-electron chi connectivity index (χ3n) is 6.66. The second-order valence-corrected chi connectivity index (χ2v) is 12.9. The highest BCUT2D eigenvalue weighted by molar-refractivity contribution is 7.99. The normalized spacial score (nSPS) is 14.4. The van der Waals surface area contributed by atoms with Crippen LogP contribution in [0.15, 0.2) is 36.4 Å². The number of halogens is 6. The highest BCUT2D eigenvalue weighted by Crippen LogP contribution is 2.41. The van der Waals surface area contributed by atoms with Gasteiger partial charge < -0.3 is 20.2 Å². The Labute approximate surface area is 266 Å². The lowest BCUT2D eigenvalue weighted by Gasteiger charge is -2.21. The van der Waals surface area contributed by atoms with E-state index in [0.717, 1.165) is 23.6 Å². The lowest BCUT2D eigenvalue weighted by molar-refractivity contribution is -0.137. The fraction of sp³-hybridized carbons (Fsp3) is 0.419. The van der Waals surface area contributed by atoms with Crippen LogP contribution < -0.4 is 0 Å². The lowest BCUT2D eigenvalue weighted by atomic mass is 10.1. The first-order chi connectivity index (χ1) is 20.4. The van der Waals surface area contributed by atoms with Crippen LogP contribution in [0.1, 0.15) is 57.6 Å². The van der Waals surface area contributed by atoms with Crippen molar-refractivity contribution in [3.8, 4) is 0 Å². The fourth-order valence-corrected chi connectivity index (χ4v) is 5.83. The van der Waals surface area contributed by atoms with E-state index in [1.165, 1.54) is 35.7 Å². The quantitative estimate of drug-likeness (QED) is 0.111. The zero-order valence-corrected chi connectivity index (χ0v) is 25.8. The van der Waals surface area contributed by atoms with Crippen molar-refractivity contribution in [1.82, 2.24) is 9.97 Å². The van der Waals surface area contributed by atoms with Gasteiger partial charge in [-0.1, -0.05) is 21.3 Å². The van der Waals surface area contributed by atoms with Gasteiger partial charge in [0.05, 0.1) is 24.3 Å². The highest BCUT2D eigenvalue weighted by atomic mass is 32.2. The molecule has 0 aliphatic rings. The van der Waals surface area contributed by atoms with E-state index >= 15 is 0 Å². The minimum Gasteiger partial charge on any atom is -0.383 e. The number of nitrogens with zero attached hydrogens (tertiary/aromatic N) is 2. The van der Waals surface area contributed by atoms with Crippen molar-refractivity contribution in [2.24, 2.45) is 0 Å². The predicted molar refractivity (Wildman–Crippen MR) is 171 cm³/mol. The van der Waals surface area contributed by atoms with E-state index in [2.05, 4.69) is 19.7 Å². The summed E-state index contributed by atoms with van der Waals surface area (Å²) in [5, 5.41) is 21.8. The number of fused-ring (bicyclic) bond motifs is 2. The van der Waals surface area contributed by atoms with E-state index < -0.39 is 46.1 Å². The maximum Gasteiger partial charge on any atom is 0.407 e. The third-order valence-corrected chi connectivity index (χ3v) is 9.01. The summed E-state index contributed by atoms with van der Waals surface area (Å²) in [5.41, 5.74) is -3.74. The molecule has 0 radical (unpaired) electrons. The Balaban J connectivity index is 0.000000307. The van der Waals surface area contributed by atoms with Crippen LogP contribution in [0.5, 0.6) is 0 Å². The number of alkyl halides is 6. The molecule has 0 aliphatic heterocycles. The molecular formula is C31H34F6N4O2S2. The Morgan fingerprint density at radius 2 is 1.00 bits per heavy atom. The molecule has 6 nitrogen and oxygen atoms in total. The van der Waals surface area contributed by atoms with Crippen LogP contribution >= 0.6 is 23.5 Å². The summed E-state index contributed by atoms with van der Waals surface area (Å²) < 4.78 is 77.8. The van der Waals surface area contributed by atoms with Crippen LogP contribution in [0, 0.1) is 13.1 Å². The molecule has 4 aromatic rings. The van der Waals surface area contributed by atoms with Crippen molar-refractivity contribution >= 4 is 56.7 Å². The Kier molecular flexibility index (Phi) is 12.1. The zero-order chi connectivity index (χ0) is 33.1. The molecule has 45 heavy (non-hydrogen) atoms. The number of H-pyrrole nitrogens is 2. The van der Waals surface area contributed by atoms with Gasteiger partial charge in [0.15, 0.2) is 11.4 Å². The van der Waals surface area contributed by atoms with Gasteiger partial charge in [0, 0.05) is 33.9 Å². The van der Waals surface area contributed by atoms with E-state index in [4.69, 9.17) is 13.1 Å². The van der Waals surface area contributed by atoms with Gasteiger partial charge in [-0.3, -0.25) is 0 Å². The SMILES string of the molecule is C.[C-]#[N+]c1cc2cc(C(C)(O)CSCC)[nH]c2cc1C(F)(F)F.[C-]#[N+]c1cc2cc(C(C)(O)CSCC)[nH]c2cc1C(F)(F)F. The monoisotopic (exact) mass is 672 g/mol. The van der Waals surface area contributed by atoms with Crippen LogP contribution in [0.25, 0.3) is 31.5 Å². The van der Waals surface area contributed by atoms with E-state index in [1.807, 2.05) is 13.8 Å². The zero-order valence-electron chi connectivity index (χ0n) is 24.2. The minimum atomic E-state index is -4.58. The molecule has 4 N–H and O–H groups in total. The number of nitrogens with one attached hydrogen (secondary N) is 2. The maximum atomic E-state index is 13.0. The Hall–Kier alpha value is -3.30. The molecule has 0 spiro atoms. The molecule has 2 aromatic carbocycles. The first-order valence-electron chi connectivity index (χ1n) is 13.2. The standard InChI is InChI=1S/2C15H15F3N2OS.CH4/c2*1-4-22-8-14(2,21)13-6-9-5-12(19-3)10(15(16,17)18)7-11(9)20-13;/h2*5-7,20-21H,4,8H2,1-2H3;1H4. The molecule has 0 bridgehead atoms. The average molecular weight is 673 g/mol. The summed E-state index contributed by atoms with van der Waals surface area (Å²) in [6.07, 6.45) is -9.17. The molecule has 0 aliphatic carbocycles. The van der Waals surface area contributed by atoms with Gasteiger partial charge in [-0.05, 0) is 72.5 Å². The molecule has 2 aromatic heterocycles. The molecule has 4 rings (SSSR count). The van der Waals surface area contributed by atoms with Crippen molar-refractivity contribution in [3.63, 3.8) is 0 Å². The van der Waals surface area contributed by atoms with Crippen LogP contribution in [0.3, 0.4) is 0 Å². The summed E-state index contributed by atoms with van der Waals surface area (Å²) in [7, 11) is 0. The maximum absolute atomic E-state index is 13.0. The highest BCUT2D eigenvalue weighted by Gasteiger charge is 2.35. The van der Waals surface area contributed by atoms with E-state index in [-0.39, 0.29) is 18.5 Å². The molecule has 14 heteroatoms. The smallest absolute Gasteiger partial charge is 0.383 e. The summed E-state index contributed by atoms with van der Waals surface area (Å²) in [4.78, 5) is 11.6. The van der Waals surface area contributed by atoms with E-state index in [1.54, 1.807) is 26.0 Å².